The number of imide groups is 1. The number of nitrogens with one attached hydrogen (secondary N) is 1. The maximum atomic E-state index is 14.0. The van der Waals surface area contributed by atoms with Crippen molar-refractivity contribution in [1.29, 1.82) is 0 Å². The minimum absolute atomic E-state index is 0.135. The number of carboxylic acid groups (broad SMARTS) is 1. The zero-order chi connectivity index (χ0) is 25.6. The van der Waals surface area contributed by atoms with Gasteiger partial charge in [-0.15, -0.1) is 0 Å². The zero-order valence-electron chi connectivity index (χ0n) is 20.6. The van der Waals surface area contributed by atoms with E-state index < -0.39 is 41.2 Å². The Bertz CT molecular complexity index is 1210. The fourth-order valence-corrected chi connectivity index (χ4v) is 6.59. The van der Waals surface area contributed by atoms with Crippen LogP contribution < -0.4 is 15.0 Å². The van der Waals surface area contributed by atoms with Crippen molar-refractivity contribution in [3.8, 4) is 11.5 Å². The zero-order valence-corrected chi connectivity index (χ0v) is 20.6. The highest BCUT2D eigenvalue weighted by Crippen LogP contribution is 2.54. The number of carboxylic acids is 1. The molecule has 1 aliphatic carbocycles. The van der Waals surface area contributed by atoms with Gasteiger partial charge in [0.2, 0.25) is 11.8 Å². The lowest BCUT2D eigenvalue weighted by Crippen LogP contribution is -2.57. The van der Waals surface area contributed by atoms with E-state index in [1.165, 1.54) is 7.11 Å². The van der Waals surface area contributed by atoms with Gasteiger partial charge in [0.1, 0.15) is 5.54 Å². The van der Waals surface area contributed by atoms with E-state index in [1.54, 1.807) is 30.3 Å². The first-order valence-electron chi connectivity index (χ1n) is 12.6. The highest BCUT2D eigenvalue weighted by molar-refractivity contribution is 6.24. The first-order valence-corrected chi connectivity index (χ1v) is 12.6. The molecule has 1 saturated carbocycles. The number of phenolic OH excluding ortho intramolecular Hbond substituents is 1. The monoisotopic (exact) mass is 492 g/mol. The molecule has 0 radical (unpaired) electrons. The Morgan fingerprint density at radius 3 is 2.47 bits per heavy atom. The number of carbonyl (C=O) groups excluding carboxylic acids is 2. The van der Waals surface area contributed by atoms with Crippen molar-refractivity contribution in [3.05, 3.63) is 53.6 Å². The SMILES string of the molecule is COc1cccc(C2NC(CC3CCCCC3)(C(=O)O)C3C(=O)N(c4ccccc4C)C(=O)C23)c1O. The summed E-state index contributed by atoms with van der Waals surface area (Å²) >= 11 is 0. The van der Waals surface area contributed by atoms with Gasteiger partial charge in [-0.25, -0.2) is 4.90 Å². The van der Waals surface area contributed by atoms with Gasteiger partial charge in [-0.1, -0.05) is 62.4 Å². The second kappa shape index (κ2) is 9.24. The number of benzene rings is 2. The van der Waals surface area contributed by atoms with Crippen LogP contribution in [0.3, 0.4) is 0 Å². The molecule has 8 nitrogen and oxygen atoms in total. The van der Waals surface area contributed by atoms with Gasteiger partial charge >= 0.3 is 5.97 Å². The van der Waals surface area contributed by atoms with E-state index in [2.05, 4.69) is 5.32 Å². The summed E-state index contributed by atoms with van der Waals surface area (Å²) in [5.41, 5.74) is -0.0608. The Labute approximate surface area is 210 Å². The fourth-order valence-electron chi connectivity index (χ4n) is 6.59. The summed E-state index contributed by atoms with van der Waals surface area (Å²) in [5, 5.41) is 24.8. The van der Waals surface area contributed by atoms with Crippen LogP contribution in [-0.4, -0.2) is 40.6 Å². The number of para-hydroxylation sites is 2. The van der Waals surface area contributed by atoms with Crippen LogP contribution in [0, 0.1) is 24.7 Å². The van der Waals surface area contributed by atoms with Gasteiger partial charge in [0, 0.05) is 11.6 Å². The second-order valence-corrected chi connectivity index (χ2v) is 10.3. The van der Waals surface area contributed by atoms with E-state index in [0.29, 0.717) is 11.3 Å². The average molecular weight is 493 g/mol. The van der Waals surface area contributed by atoms with E-state index >= 15 is 0 Å². The Balaban J connectivity index is 1.66. The van der Waals surface area contributed by atoms with Gasteiger partial charge < -0.3 is 14.9 Å². The molecular formula is C28H32N2O6. The lowest BCUT2D eigenvalue weighted by Gasteiger charge is -2.35. The number of carbonyl (C=O) groups is 3. The normalized spacial score (nSPS) is 28.4. The molecule has 5 rings (SSSR count). The van der Waals surface area contributed by atoms with E-state index in [1.807, 2.05) is 19.1 Å². The van der Waals surface area contributed by atoms with Crippen molar-refractivity contribution in [1.82, 2.24) is 5.32 Å². The van der Waals surface area contributed by atoms with Gasteiger partial charge in [-0.05, 0) is 37.0 Å². The number of aromatic hydroxyl groups is 1. The van der Waals surface area contributed by atoms with Crippen LogP contribution in [0.5, 0.6) is 11.5 Å². The maximum absolute atomic E-state index is 14.0. The first-order chi connectivity index (χ1) is 17.3. The molecule has 4 atom stereocenters. The first kappa shape index (κ1) is 24.3. The summed E-state index contributed by atoms with van der Waals surface area (Å²) in [6, 6.07) is 11.2. The van der Waals surface area contributed by atoms with Gasteiger partial charge in [-0.3, -0.25) is 19.7 Å². The van der Waals surface area contributed by atoms with Crippen LogP contribution >= 0.6 is 0 Å². The number of aliphatic carboxylic acids is 1. The van der Waals surface area contributed by atoms with Gasteiger partial charge in [-0.2, -0.15) is 0 Å². The molecule has 2 aromatic carbocycles. The Morgan fingerprint density at radius 1 is 1.08 bits per heavy atom. The van der Waals surface area contributed by atoms with Crippen molar-refractivity contribution in [2.75, 3.05) is 12.0 Å². The van der Waals surface area contributed by atoms with E-state index in [-0.39, 0.29) is 23.8 Å². The number of hydrogen-bond acceptors (Lipinski definition) is 6. The van der Waals surface area contributed by atoms with Gasteiger partial charge in [0.15, 0.2) is 11.5 Å². The van der Waals surface area contributed by atoms with Crippen molar-refractivity contribution >= 4 is 23.5 Å². The van der Waals surface area contributed by atoms with E-state index in [9.17, 15) is 24.6 Å². The highest BCUT2D eigenvalue weighted by atomic mass is 16.5. The lowest BCUT2D eigenvalue weighted by atomic mass is 9.72. The molecular weight excluding hydrogens is 460 g/mol. The molecule has 2 aromatic rings. The molecule has 8 heteroatoms. The predicted octanol–water partition coefficient (Wildman–Crippen LogP) is 3.95. The number of ether oxygens (including phenoxy) is 1. The van der Waals surface area contributed by atoms with Crippen molar-refractivity contribution in [2.45, 2.75) is 57.0 Å². The number of hydrogen-bond donors (Lipinski definition) is 3. The van der Waals surface area contributed by atoms with E-state index in [0.717, 1.165) is 42.6 Å². The largest absolute Gasteiger partial charge is 0.504 e. The third kappa shape index (κ3) is 3.66. The number of nitrogens with zero attached hydrogens (tertiary/aromatic N) is 1. The smallest absolute Gasteiger partial charge is 0.324 e. The molecule has 190 valence electrons. The predicted molar refractivity (Wildman–Crippen MR) is 133 cm³/mol. The lowest BCUT2D eigenvalue weighted by molar-refractivity contribution is -0.150. The Hall–Kier alpha value is -3.39. The number of amides is 2. The number of methoxy groups -OCH3 is 1. The molecule has 3 fully saturated rings. The summed E-state index contributed by atoms with van der Waals surface area (Å²) in [4.78, 5) is 42.2. The molecule has 4 unspecified atom stereocenters. The molecule has 3 N–H and O–H groups in total. The number of fused-ring (bicyclic) bond motifs is 1. The molecule has 0 aromatic heterocycles. The van der Waals surface area contributed by atoms with Crippen LogP contribution in [0.1, 0.15) is 55.7 Å². The third-order valence-corrected chi connectivity index (χ3v) is 8.31. The quantitative estimate of drug-likeness (QED) is 0.523. The minimum atomic E-state index is -1.63. The fraction of sp³-hybridized carbons (Fsp3) is 0.464. The summed E-state index contributed by atoms with van der Waals surface area (Å²) in [6.07, 6.45) is 5.22. The van der Waals surface area contributed by atoms with Gasteiger partial charge in [0.05, 0.1) is 24.6 Å². The third-order valence-electron chi connectivity index (χ3n) is 8.31. The van der Waals surface area contributed by atoms with Crippen LogP contribution in [-0.2, 0) is 14.4 Å². The molecule has 0 spiro atoms. The summed E-state index contributed by atoms with van der Waals surface area (Å²) in [7, 11) is 1.43. The summed E-state index contributed by atoms with van der Waals surface area (Å²) in [5.74, 6) is -3.98. The molecule has 2 amide bonds. The minimum Gasteiger partial charge on any atom is -0.504 e. The topological polar surface area (TPSA) is 116 Å². The molecule has 3 aliphatic rings. The molecule has 0 bridgehead atoms. The molecule has 2 saturated heterocycles. The maximum Gasteiger partial charge on any atom is 0.324 e. The van der Waals surface area contributed by atoms with Crippen LogP contribution in [0.25, 0.3) is 0 Å². The number of rotatable bonds is 6. The summed E-state index contributed by atoms with van der Waals surface area (Å²) in [6.45, 7) is 1.82. The standard InChI is InChI=1S/C28H32N2O6/c1-16-9-6-7-13-19(16)30-25(32)21-22(26(30)33)28(27(34)35,15-17-10-4-3-5-11-17)29-23(21)18-12-8-14-20(36-2)24(18)31/h6-9,12-14,17,21-23,29,31H,3-5,10-11,15H2,1-2H3,(H,34,35). The number of aryl methyl sites for hydroxylation is 1. The van der Waals surface area contributed by atoms with Crippen molar-refractivity contribution < 1.29 is 29.3 Å². The Morgan fingerprint density at radius 2 is 1.81 bits per heavy atom. The summed E-state index contributed by atoms with van der Waals surface area (Å²) < 4.78 is 5.28. The van der Waals surface area contributed by atoms with Crippen LogP contribution in [0.4, 0.5) is 5.69 Å². The van der Waals surface area contributed by atoms with Crippen molar-refractivity contribution in [2.24, 2.45) is 17.8 Å². The van der Waals surface area contributed by atoms with Crippen LogP contribution in [0.15, 0.2) is 42.5 Å². The second-order valence-electron chi connectivity index (χ2n) is 10.3. The molecule has 2 aliphatic heterocycles. The average Bonchev–Trinajstić information content (AvgIpc) is 3.34. The molecule has 36 heavy (non-hydrogen) atoms. The Kier molecular flexibility index (Phi) is 6.24. The van der Waals surface area contributed by atoms with Crippen molar-refractivity contribution in [3.63, 3.8) is 0 Å². The van der Waals surface area contributed by atoms with Gasteiger partial charge in [0.25, 0.3) is 0 Å². The molecule has 2 heterocycles. The van der Waals surface area contributed by atoms with E-state index in [4.69, 9.17) is 4.74 Å². The number of anilines is 1. The highest BCUT2D eigenvalue weighted by Gasteiger charge is 2.69. The number of phenols is 1. The van der Waals surface area contributed by atoms with Crippen LogP contribution in [0.2, 0.25) is 0 Å².